The molecule has 8 nitrogen and oxygen atoms in total. The number of carbonyl (C=O) groups is 2. The van der Waals surface area contributed by atoms with Crippen LogP contribution < -0.4 is 4.74 Å². The third kappa shape index (κ3) is 4.70. The number of nitrogens with zero attached hydrogens (tertiary/aromatic N) is 3. The summed E-state index contributed by atoms with van der Waals surface area (Å²) in [5.74, 6) is -2.12. The Morgan fingerprint density at radius 1 is 1.05 bits per heavy atom. The van der Waals surface area contributed by atoms with Gasteiger partial charge in [0.05, 0.1) is 5.75 Å². The quantitative estimate of drug-likeness (QED) is 0.723. The van der Waals surface area contributed by atoms with E-state index in [2.05, 4.69) is 15.0 Å². The fourth-order valence-corrected chi connectivity index (χ4v) is 1.98. The molecule has 2 N–H and O–H groups in total. The fraction of sp³-hybridized carbons (Fsp3) is 0.154. The minimum Gasteiger partial charge on any atom is -0.481 e. The number of ether oxygens (including phenoxy) is 1. The van der Waals surface area contributed by atoms with Crippen LogP contribution in [0.25, 0.3) is 11.4 Å². The van der Waals surface area contributed by atoms with Crippen LogP contribution in [0, 0.1) is 0 Å². The topological polar surface area (TPSA) is 123 Å². The molecule has 0 unspecified atom stereocenters. The summed E-state index contributed by atoms with van der Waals surface area (Å²) in [6.45, 7) is -0.596. The summed E-state index contributed by atoms with van der Waals surface area (Å²) in [5, 5.41) is 17.5. The minimum absolute atomic E-state index is 0.150. The van der Waals surface area contributed by atoms with Gasteiger partial charge >= 0.3 is 17.9 Å². The van der Waals surface area contributed by atoms with Gasteiger partial charge in [-0.15, -0.1) is 0 Å². The van der Waals surface area contributed by atoms with Gasteiger partial charge in [0.25, 0.3) is 0 Å². The number of aromatic nitrogens is 3. The molecule has 9 heteroatoms. The lowest BCUT2D eigenvalue weighted by Crippen LogP contribution is -2.12. The van der Waals surface area contributed by atoms with Crippen molar-refractivity contribution in [3.05, 3.63) is 30.3 Å². The Balaban J connectivity index is 2.30. The van der Waals surface area contributed by atoms with Crippen LogP contribution in [0.5, 0.6) is 6.01 Å². The van der Waals surface area contributed by atoms with Crippen molar-refractivity contribution in [2.75, 3.05) is 12.4 Å². The Bertz CT molecular complexity index is 644. The predicted molar refractivity (Wildman–Crippen MR) is 76.8 cm³/mol. The maximum atomic E-state index is 10.6. The molecule has 0 spiro atoms. The van der Waals surface area contributed by atoms with E-state index < -0.39 is 18.5 Å². The van der Waals surface area contributed by atoms with Crippen molar-refractivity contribution < 1.29 is 24.5 Å². The number of carboxylic acids is 2. The van der Waals surface area contributed by atoms with Gasteiger partial charge in [-0.2, -0.15) is 9.97 Å². The molecule has 0 saturated carbocycles. The van der Waals surface area contributed by atoms with Gasteiger partial charge in [-0.25, -0.2) is 9.78 Å². The zero-order chi connectivity index (χ0) is 15.9. The highest BCUT2D eigenvalue weighted by atomic mass is 32.2. The van der Waals surface area contributed by atoms with E-state index in [9.17, 15) is 9.59 Å². The molecule has 1 aromatic carbocycles. The summed E-state index contributed by atoms with van der Waals surface area (Å²) in [6.07, 6.45) is 0. The largest absolute Gasteiger partial charge is 0.481 e. The molecule has 22 heavy (non-hydrogen) atoms. The third-order valence-electron chi connectivity index (χ3n) is 2.28. The SMILES string of the molecule is O=C(O)COc1nc(SCC(=O)O)nc(-c2ccccc2)n1. The number of carboxylic acid groups (broad SMARTS) is 2. The van der Waals surface area contributed by atoms with Gasteiger partial charge in [0, 0.05) is 5.56 Å². The van der Waals surface area contributed by atoms with E-state index in [1.807, 2.05) is 6.07 Å². The van der Waals surface area contributed by atoms with Gasteiger partial charge in [0.15, 0.2) is 17.6 Å². The molecule has 1 aromatic heterocycles. The van der Waals surface area contributed by atoms with Crippen LogP contribution in [0.1, 0.15) is 0 Å². The first-order valence-electron chi connectivity index (χ1n) is 6.05. The van der Waals surface area contributed by atoms with Crippen molar-refractivity contribution in [1.29, 1.82) is 0 Å². The maximum absolute atomic E-state index is 10.6. The van der Waals surface area contributed by atoms with Gasteiger partial charge in [-0.3, -0.25) is 4.79 Å². The molecule has 0 atom stereocenters. The second-order valence-electron chi connectivity index (χ2n) is 3.96. The van der Waals surface area contributed by atoms with Crippen LogP contribution in [0.4, 0.5) is 0 Å². The lowest BCUT2D eigenvalue weighted by molar-refractivity contribution is -0.139. The van der Waals surface area contributed by atoms with Crippen molar-refractivity contribution >= 4 is 23.7 Å². The smallest absolute Gasteiger partial charge is 0.341 e. The molecule has 114 valence electrons. The van der Waals surface area contributed by atoms with Gasteiger partial charge in [0.2, 0.25) is 0 Å². The van der Waals surface area contributed by atoms with Crippen molar-refractivity contribution in [2.24, 2.45) is 0 Å². The lowest BCUT2D eigenvalue weighted by Gasteiger charge is -2.06. The van der Waals surface area contributed by atoms with Gasteiger partial charge in [-0.05, 0) is 0 Å². The average molecular weight is 321 g/mol. The van der Waals surface area contributed by atoms with E-state index in [1.54, 1.807) is 24.3 Å². The maximum Gasteiger partial charge on any atom is 0.341 e. The van der Waals surface area contributed by atoms with E-state index in [1.165, 1.54) is 0 Å². The Hall–Kier alpha value is -2.68. The summed E-state index contributed by atoms with van der Waals surface area (Å²) in [5.41, 5.74) is 0.683. The normalized spacial score (nSPS) is 10.2. The molecule has 0 radical (unpaired) electrons. The molecule has 0 saturated heterocycles. The van der Waals surface area contributed by atoms with Gasteiger partial charge in [-0.1, -0.05) is 42.1 Å². The minimum atomic E-state index is -1.17. The Labute approximate surface area is 129 Å². The average Bonchev–Trinajstić information content (AvgIpc) is 2.51. The first-order valence-corrected chi connectivity index (χ1v) is 7.04. The number of aliphatic carboxylic acids is 2. The van der Waals surface area contributed by atoms with Crippen molar-refractivity contribution in [1.82, 2.24) is 15.0 Å². The van der Waals surface area contributed by atoms with Crippen molar-refractivity contribution in [3.8, 4) is 17.4 Å². The number of hydrogen-bond acceptors (Lipinski definition) is 7. The van der Waals surface area contributed by atoms with Gasteiger partial charge < -0.3 is 14.9 Å². The van der Waals surface area contributed by atoms with Crippen LogP contribution in [0.2, 0.25) is 0 Å². The molecular formula is C13H11N3O5S. The van der Waals surface area contributed by atoms with E-state index in [0.717, 1.165) is 11.8 Å². The lowest BCUT2D eigenvalue weighted by atomic mass is 10.2. The summed E-state index contributed by atoms with van der Waals surface area (Å²) in [7, 11) is 0. The number of rotatable bonds is 7. The first kappa shape index (κ1) is 15.7. The van der Waals surface area contributed by atoms with E-state index in [0.29, 0.717) is 5.56 Å². The van der Waals surface area contributed by atoms with E-state index in [4.69, 9.17) is 14.9 Å². The Morgan fingerprint density at radius 2 is 1.77 bits per heavy atom. The molecule has 0 amide bonds. The fourth-order valence-electron chi connectivity index (χ4n) is 1.44. The Morgan fingerprint density at radius 3 is 2.41 bits per heavy atom. The highest BCUT2D eigenvalue weighted by Crippen LogP contribution is 2.21. The van der Waals surface area contributed by atoms with Crippen LogP contribution in [-0.4, -0.2) is 49.5 Å². The molecular weight excluding hydrogens is 310 g/mol. The van der Waals surface area contributed by atoms with Crippen LogP contribution in [0.15, 0.2) is 35.5 Å². The summed E-state index contributed by atoms with van der Waals surface area (Å²) in [6, 6.07) is 8.78. The second-order valence-corrected chi connectivity index (χ2v) is 4.90. The third-order valence-corrected chi connectivity index (χ3v) is 3.11. The molecule has 0 aliphatic carbocycles. The van der Waals surface area contributed by atoms with Crippen LogP contribution in [-0.2, 0) is 9.59 Å². The number of benzene rings is 1. The molecule has 0 bridgehead atoms. The zero-order valence-corrected chi connectivity index (χ0v) is 12.0. The highest BCUT2D eigenvalue weighted by molar-refractivity contribution is 7.99. The standard InChI is InChI=1S/C13H11N3O5S/c17-9(18)6-21-12-14-11(8-4-2-1-3-5-8)15-13(16-12)22-7-10(19)20/h1-5H,6-7H2,(H,17,18)(H,19,20). The zero-order valence-electron chi connectivity index (χ0n) is 11.2. The summed E-state index contributed by atoms with van der Waals surface area (Å²) >= 11 is 0.897. The van der Waals surface area contributed by atoms with Crippen molar-refractivity contribution in [2.45, 2.75) is 5.16 Å². The van der Waals surface area contributed by atoms with Crippen molar-refractivity contribution in [3.63, 3.8) is 0 Å². The van der Waals surface area contributed by atoms with Gasteiger partial charge in [0.1, 0.15) is 0 Å². The van der Waals surface area contributed by atoms with Crippen LogP contribution >= 0.6 is 11.8 Å². The molecule has 2 rings (SSSR count). The monoisotopic (exact) mass is 321 g/mol. The molecule has 0 aliphatic rings. The summed E-state index contributed by atoms with van der Waals surface area (Å²) < 4.78 is 4.95. The van der Waals surface area contributed by atoms with E-state index in [-0.39, 0.29) is 22.7 Å². The molecule has 2 aromatic rings. The second kappa shape index (κ2) is 7.36. The molecule has 0 aliphatic heterocycles. The first-order chi connectivity index (χ1) is 10.5. The molecule has 1 heterocycles. The number of thioether (sulfide) groups is 1. The Kier molecular flexibility index (Phi) is 5.26. The summed E-state index contributed by atoms with van der Waals surface area (Å²) in [4.78, 5) is 33.3. The van der Waals surface area contributed by atoms with E-state index >= 15 is 0 Å². The molecule has 0 fully saturated rings. The number of hydrogen-bond donors (Lipinski definition) is 2. The highest BCUT2D eigenvalue weighted by Gasteiger charge is 2.12. The predicted octanol–water partition coefficient (Wildman–Crippen LogP) is 1.18. The van der Waals surface area contributed by atoms with Crippen LogP contribution in [0.3, 0.4) is 0 Å².